The lowest BCUT2D eigenvalue weighted by Gasteiger charge is -2.24. The second kappa shape index (κ2) is 4.71. The molecule has 0 aromatic heterocycles. The number of non-ortho nitro benzene ring substituents is 1. The van der Waals surface area contributed by atoms with Gasteiger partial charge in [0.25, 0.3) is 5.69 Å². The summed E-state index contributed by atoms with van der Waals surface area (Å²) in [6.07, 6.45) is 2.32. The van der Waals surface area contributed by atoms with Gasteiger partial charge in [0.1, 0.15) is 0 Å². The number of nitro benzene ring substituents is 1. The molecular formula is C12H16N2O3. The maximum atomic E-state index is 10.7. The molecule has 1 aromatic rings. The summed E-state index contributed by atoms with van der Waals surface area (Å²) in [6.45, 7) is 2.75. The molecule has 0 atom stereocenters. The molecular weight excluding hydrogens is 220 g/mol. The number of hydrogen-bond acceptors (Lipinski definition) is 4. The zero-order valence-corrected chi connectivity index (χ0v) is 9.80. The normalized spacial score (nSPS) is 14.7. The quantitative estimate of drug-likeness (QED) is 0.627. The SMILES string of the molecule is CCN(c1ccc([N+](=O)[O-])cc1CO)C1CC1. The zero-order chi connectivity index (χ0) is 12.4. The highest BCUT2D eigenvalue weighted by molar-refractivity contribution is 5.59. The van der Waals surface area contributed by atoms with E-state index >= 15 is 0 Å². The van der Waals surface area contributed by atoms with Crippen molar-refractivity contribution in [3.05, 3.63) is 33.9 Å². The largest absolute Gasteiger partial charge is 0.392 e. The molecule has 1 aliphatic carbocycles. The summed E-state index contributed by atoms with van der Waals surface area (Å²) in [5.74, 6) is 0. The molecule has 0 unspecified atom stereocenters. The van der Waals surface area contributed by atoms with Gasteiger partial charge in [-0.1, -0.05) is 0 Å². The van der Waals surface area contributed by atoms with Gasteiger partial charge in [0.2, 0.25) is 0 Å². The summed E-state index contributed by atoms with van der Waals surface area (Å²) in [7, 11) is 0. The number of anilines is 1. The maximum absolute atomic E-state index is 10.7. The van der Waals surface area contributed by atoms with E-state index in [1.807, 2.05) is 0 Å². The fraction of sp³-hybridized carbons (Fsp3) is 0.500. The minimum atomic E-state index is -0.434. The van der Waals surface area contributed by atoms with E-state index in [0.29, 0.717) is 11.6 Å². The van der Waals surface area contributed by atoms with E-state index in [0.717, 1.165) is 25.1 Å². The first-order valence-corrected chi connectivity index (χ1v) is 5.82. The van der Waals surface area contributed by atoms with Crippen molar-refractivity contribution in [3.8, 4) is 0 Å². The predicted octanol–water partition coefficient (Wildman–Crippen LogP) is 2.08. The van der Waals surface area contributed by atoms with Crippen molar-refractivity contribution in [2.75, 3.05) is 11.4 Å². The van der Waals surface area contributed by atoms with Crippen LogP contribution < -0.4 is 4.90 Å². The molecule has 1 N–H and O–H groups in total. The summed E-state index contributed by atoms with van der Waals surface area (Å²) in [5.41, 5.74) is 1.58. The first kappa shape index (κ1) is 11.9. The zero-order valence-electron chi connectivity index (χ0n) is 9.80. The molecule has 1 fully saturated rings. The summed E-state index contributed by atoms with van der Waals surface area (Å²) in [5, 5.41) is 20.0. The first-order valence-electron chi connectivity index (χ1n) is 5.82. The van der Waals surface area contributed by atoms with Gasteiger partial charge in [0, 0.05) is 36.0 Å². The molecule has 5 nitrogen and oxygen atoms in total. The summed E-state index contributed by atoms with van der Waals surface area (Å²) in [6, 6.07) is 5.23. The van der Waals surface area contributed by atoms with Gasteiger partial charge in [-0.3, -0.25) is 10.1 Å². The van der Waals surface area contributed by atoms with Crippen molar-refractivity contribution in [2.45, 2.75) is 32.4 Å². The summed E-state index contributed by atoms with van der Waals surface area (Å²) in [4.78, 5) is 12.4. The van der Waals surface area contributed by atoms with E-state index < -0.39 is 4.92 Å². The van der Waals surface area contributed by atoms with Gasteiger partial charge in [-0.2, -0.15) is 0 Å². The highest BCUT2D eigenvalue weighted by Gasteiger charge is 2.29. The van der Waals surface area contributed by atoms with Gasteiger partial charge in [0.05, 0.1) is 11.5 Å². The number of nitro groups is 1. The average molecular weight is 236 g/mol. The minimum Gasteiger partial charge on any atom is -0.392 e. The van der Waals surface area contributed by atoms with Crippen LogP contribution >= 0.6 is 0 Å². The van der Waals surface area contributed by atoms with E-state index in [-0.39, 0.29) is 12.3 Å². The van der Waals surface area contributed by atoms with E-state index in [4.69, 9.17) is 0 Å². The first-order chi connectivity index (χ1) is 8.17. The van der Waals surface area contributed by atoms with Crippen molar-refractivity contribution >= 4 is 11.4 Å². The standard InChI is InChI=1S/C12H16N2O3/c1-2-13(10-3-4-10)12-6-5-11(14(16)17)7-9(12)8-15/h5-7,10,15H,2-4,8H2,1H3. The Morgan fingerprint density at radius 1 is 1.53 bits per heavy atom. The third kappa shape index (κ3) is 2.39. The van der Waals surface area contributed by atoms with Crippen LogP contribution in [0.1, 0.15) is 25.3 Å². The Morgan fingerprint density at radius 2 is 2.24 bits per heavy atom. The molecule has 0 bridgehead atoms. The Hall–Kier alpha value is -1.62. The van der Waals surface area contributed by atoms with Crippen LogP contribution in [0.4, 0.5) is 11.4 Å². The molecule has 17 heavy (non-hydrogen) atoms. The van der Waals surface area contributed by atoms with Gasteiger partial charge in [0.15, 0.2) is 0 Å². The lowest BCUT2D eigenvalue weighted by atomic mass is 10.1. The van der Waals surface area contributed by atoms with Crippen LogP contribution in [0.5, 0.6) is 0 Å². The van der Waals surface area contributed by atoms with Crippen molar-refractivity contribution < 1.29 is 10.0 Å². The minimum absolute atomic E-state index is 0.0321. The van der Waals surface area contributed by atoms with Gasteiger partial charge in [-0.15, -0.1) is 0 Å². The molecule has 5 heteroatoms. The molecule has 1 aliphatic rings. The molecule has 1 aromatic carbocycles. The van der Waals surface area contributed by atoms with Crippen LogP contribution in [0, 0.1) is 10.1 Å². The van der Waals surface area contributed by atoms with Crippen LogP contribution in [0.3, 0.4) is 0 Å². The van der Waals surface area contributed by atoms with Crippen LogP contribution in [0.2, 0.25) is 0 Å². The topological polar surface area (TPSA) is 66.6 Å². The van der Waals surface area contributed by atoms with Crippen molar-refractivity contribution in [1.82, 2.24) is 0 Å². The van der Waals surface area contributed by atoms with Gasteiger partial charge in [-0.25, -0.2) is 0 Å². The van der Waals surface area contributed by atoms with Crippen LogP contribution in [-0.2, 0) is 6.61 Å². The number of nitrogens with zero attached hydrogens (tertiary/aromatic N) is 2. The molecule has 0 saturated heterocycles. The van der Waals surface area contributed by atoms with Crippen molar-refractivity contribution in [1.29, 1.82) is 0 Å². The predicted molar refractivity (Wildman–Crippen MR) is 65.1 cm³/mol. The Bertz CT molecular complexity index is 430. The third-order valence-corrected chi connectivity index (χ3v) is 3.08. The number of aliphatic hydroxyl groups excluding tert-OH is 1. The number of rotatable bonds is 5. The number of aliphatic hydroxyl groups is 1. The molecule has 0 heterocycles. The average Bonchev–Trinajstić information content (AvgIpc) is 3.14. The van der Waals surface area contributed by atoms with Gasteiger partial charge < -0.3 is 10.0 Å². The fourth-order valence-electron chi connectivity index (χ4n) is 2.10. The van der Waals surface area contributed by atoms with Crippen molar-refractivity contribution in [2.24, 2.45) is 0 Å². The number of benzene rings is 1. The Balaban J connectivity index is 2.35. The molecule has 0 radical (unpaired) electrons. The maximum Gasteiger partial charge on any atom is 0.269 e. The second-order valence-electron chi connectivity index (χ2n) is 4.25. The summed E-state index contributed by atoms with van der Waals surface area (Å²) >= 11 is 0. The Kier molecular flexibility index (Phi) is 3.28. The molecule has 0 spiro atoms. The number of hydrogen-bond donors (Lipinski definition) is 1. The molecule has 92 valence electrons. The Labute approximate surface area is 99.8 Å². The molecule has 0 aliphatic heterocycles. The highest BCUT2D eigenvalue weighted by Crippen LogP contribution is 2.34. The molecule has 1 saturated carbocycles. The second-order valence-corrected chi connectivity index (χ2v) is 4.25. The smallest absolute Gasteiger partial charge is 0.269 e. The van der Waals surface area contributed by atoms with Crippen LogP contribution in [-0.4, -0.2) is 22.6 Å². The highest BCUT2D eigenvalue weighted by atomic mass is 16.6. The van der Waals surface area contributed by atoms with Crippen LogP contribution in [0.15, 0.2) is 18.2 Å². The van der Waals surface area contributed by atoms with Gasteiger partial charge >= 0.3 is 0 Å². The third-order valence-electron chi connectivity index (χ3n) is 3.08. The Morgan fingerprint density at radius 3 is 2.71 bits per heavy atom. The lowest BCUT2D eigenvalue weighted by Crippen LogP contribution is -2.26. The van der Waals surface area contributed by atoms with Crippen molar-refractivity contribution in [3.63, 3.8) is 0 Å². The molecule has 2 rings (SSSR count). The van der Waals surface area contributed by atoms with E-state index in [1.165, 1.54) is 12.1 Å². The summed E-state index contributed by atoms with van der Waals surface area (Å²) < 4.78 is 0. The van der Waals surface area contributed by atoms with E-state index in [2.05, 4.69) is 11.8 Å². The monoisotopic (exact) mass is 236 g/mol. The lowest BCUT2D eigenvalue weighted by molar-refractivity contribution is -0.384. The van der Waals surface area contributed by atoms with E-state index in [9.17, 15) is 15.2 Å². The van der Waals surface area contributed by atoms with E-state index in [1.54, 1.807) is 6.07 Å². The molecule has 0 amide bonds. The van der Waals surface area contributed by atoms with Gasteiger partial charge in [-0.05, 0) is 25.8 Å². The fourth-order valence-corrected chi connectivity index (χ4v) is 2.10. The van der Waals surface area contributed by atoms with Crippen LogP contribution in [0.25, 0.3) is 0 Å².